The Labute approximate surface area is 230 Å². The Bertz CT molecular complexity index is 1950. The quantitative estimate of drug-likeness (QED) is 0.250. The van der Waals surface area contributed by atoms with Gasteiger partial charge in [-0.25, -0.2) is 14.2 Å². The van der Waals surface area contributed by atoms with Crippen LogP contribution in [0.1, 0.15) is 5.56 Å². The van der Waals surface area contributed by atoms with Crippen LogP contribution in [0, 0.1) is 5.82 Å². The van der Waals surface area contributed by atoms with E-state index in [-0.39, 0.29) is 22.4 Å². The summed E-state index contributed by atoms with van der Waals surface area (Å²) in [5, 5.41) is 11.6. The van der Waals surface area contributed by atoms with E-state index in [0.29, 0.717) is 34.7 Å². The minimum atomic E-state index is -0.832. The average Bonchev–Trinajstić information content (AvgIpc) is 3.47. The summed E-state index contributed by atoms with van der Waals surface area (Å²) in [6.45, 7) is 1.16. The summed E-state index contributed by atoms with van der Waals surface area (Å²) < 4.78 is 28.8. The lowest BCUT2D eigenvalue weighted by atomic mass is 10.1. The van der Waals surface area contributed by atoms with Crippen LogP contribution in [-0.2, 0) is 13.1 Å². The fraction of sp³-hybridized carbons (Fsp3) is 0.100. The molecule has 10 heteroatoms. The molecule has 0 aliphatic heterocycles. The molecular formula is C30H22FN3O5S. The highest BCUT2D eigenvalue weighted by Crippen LogP contribution is 2.38. The minimum Gasteiger partial charge on any atom is -0.505 e. The van der Waals surface area contributed by atoms with Gasteiger partial charge in [-0.05, 0) is 35.9 Å². The highest BCUT2D eigenvalue weighted by atomic mass is 32.2. The lowest BCUT2D eigenvalue weighted by Gasteiger charge is -2.15. The fourth-order valence-electron chi connectivity index (χ4n) is 4.51. The number of ether oxygens (including phenoxy) is 1. The maximum atomic E-state index is 13.9. The molecule has 0 bridgehead atoms. The van der Waals surface area contributed by atoms with Crippen LogP contribution in [0.15, 0.2) is 115 Å². The van der Waals surface area contributed by atoms with Crippen molar-refractivity contribution in [2.24, 2.45) is 0 Å². The predicted molar refractivity (Wildman–Crippen MR) is 150 cm³/mol. The molecule has 3 aromatic heterocycles. The third kappa shape index (κ3) is 4.96. The third-order valence-corrected chi connectivity index (χ3v) is 7.45. The van der Waals surface area contributed by atoms with Crippen molar-refractivity contribution in [3.63, 3.8) is 0 Å². The van der Waals surface area contributed by atoms with Crippen LogP contribution < -0.4 is 15.9 Å². The third-order valence-electron chi connectivity index (χ3n) is 6.40. The summed E-state index contributed by atoms with van der Waals surface area (Å²) in [5.74, 6) is -0.471. The van der Waals surface area contributed by atoms with Gasteiger partial charge in [-0.1, -0.05) is 48.2 Å². The molecule has 0 radical (unpaired) electrons. The second-order valence-corrected chi connectivity index (χ2v) is 10.1. The van der Waals surface area contributed by atoms with Crippen molar-refractivity contribution in [2.45, 2.75) is 22.9 Å². The summed E-state index contributed by atoms with van der Waals surface area (Å²) >= 11 is 0.833. The van der Waals surface area contributed by atoms with Gasteiger partial charge >= 0.3 is 5.63 Å². The van der Waals surface area contributed by atoms with Gasteiger partial charge in [0.25, 0.3) is 5.56 Å². The molecule has 3 heterocycles. The number of halogens is 1. The largest absolute Gasteiger partial charge is 0.505 e. The highest BCUT2D eigenvalue weighted by molar-refractivity contribution is 7.99. The molecule has 200 valence electrons. The van der Waals surface area contributed by atoms with Crippen molar-refractivity contribution < 1.29 is 18.7 Å². The number of hydrogen-bond donors (Lipinski definition) is 1. The summed E-state index contributed by atoms with van der Waals surface area (Å²) in [5.41, 5.74) is -0.0523. The Morgan fingerprint density at radius 3 is 2.65 bits per heavy atom. The van der Waals surface area contributed by atoms with E-state index in [4.69, 9.17) is 9.15 Å². The molecule has 3 aromatic carbocycles. The first kappa shape index (κ1) is 25.4. The van der Waals surface area contributed by atoms with E-state index in [1.165, 1.54) is 22.8 Å². The zero-order valence-corrected chi connectivity index (χ0v) is 21.8. The molecule has 0 fully saturated rings. The van der Waals surface area contributed by atoms with Gasteiger partial charge < -0.3 is 23.4 Å². The monoisotopic (exact) mass is 555 g/mol. The first-order chi connectivity index (χ1) is 19.5. The molecule has 0 amide bonds. The minimum absolute atomic E-state index is 0.0274. The van der Waals surface area contributed by atoms with Gasteiger partial charge in [-0.15, -0.1) is 0 Å². The van der Waals surface area contributed by atoms with Gasteiger partial charge in [0.1, 0.15) is 28.5 Å². The van der Waals surface area contributed by atoms with Crippen LogP contribution in [-0.4, -0.2) is 25.8 Å². The highest BCUT2D eigenvalue weighted by Gasteiger charge is 2.23. The summed E-state index contributed by atoms with van der Waals surface area (Å²) in [7, 11) is 0. The zero-order chi connectivity index (χ0) is 27.6. The van der Waals surface area contributed by atoms with Gasteiger partial charge in [0.15, 0.2) is 11.3 Å². The molecule has 6 aromatic rings. The fourth-order valence-corrected chi connectivity index (χ4v) is 5.38. The average molecular weight is 556 g/mol. The lowest BCUT2D eigenvalue weighted by molar-refractivity contribution is 0.298. The Kier molecular flexibility index (Phi) is 6.83. The molecule has 8 nitrogen and oxygen atoms in total. The van der Waals surface area contributed by atoms with Gasteiger partial charge in [-0.2, -0.15) is 0 Å². The molecule has 0 saturated carbocycles. The van der Waals surface area contributed by atoms with Crippen molar-refractivity contribution in [3.05, 3.63) is 124 Å². The molecule has 0 aliphatic carbocycles. The van der Waals surface area contributed by atoms with E-state index in [1.54, 1.807) is 36.8 Å². The number of aromatic nitrogens is 3. The van der Waals surface area contributed by atoms with Crippen molar-refractivity contribution in [1.82, 2.24) is 14.1 Å². The maximum absolute atomic E-state index is 13.9. The molecule has 40 heavy (non-hydrogen) atoms. The van der Waals surface area contributed by atoms with E-state index < -0.39 is 22.8 Å². The number of benzene rings is 3. The number of hydrogen-bond acceptors (Lipinski definition) is 7. The Hall–Kier alpha value is -4.83. The summed E-state index contributed by atoms with van der Waals surface area (Å²) in [6, 6.07) is 20.2. The first-order valence-electron chi connectivity index (χ1n) is 12.4. The van der Waals surface area contributed by atoms with E-state index >= 15 is 0 Å². The van der Waals surface area contributed by atoms with Crippen LogP contribution in [0.2, 0.25) is 0 Å². The molecule has 6 rings (SSSR count). The Morgan fingerprint density at radius 2 is 1.88 bits per heavy atom. The topological polar surface area (TPSA) is 99.5 Å². The van der Waals surface area contributed by atoms with Crippen LogP contribution in [0.5, 0.6) is 11.5 Å². The van der Waals surface area contributed by atoms with Crippen LogP contribution >= 0.6 is 11.8 Å². The SMILES string of the molecule is O=c1oc2c(c(O)c1Sc1cccc(F)c1)c(=O)n(Cc1ccccc1)c1cc(OCCn3ccnc3)ccc21. The van der Waals surface area contributed by atoms with Crippen LogP contribution in [0.3, 0.4) is 0 Å². The normalized spacial score (nSPS) is 11.3. The Balaban J connectivity index is 1.50. The number of rotatable bonds is 8. The zero-order valence-electron chi connectivity index (χ0n) is 21.0. The second-order valence-electron chi connectivity index (χ2n) is 9.04. The van der Waals surface area contributed by atoms with Crippen molar-refractivity contribution in [3.8, 4) is 11.5 Å². The van der Waals surface area contributed by atoms with Gasteiger partial charge in [0, 0.05) is 28.7 Å². The maximum Gasteiger partial charge on any atom is 0.354 e. The van der Waals surface area contributed by atoms with E-state index in [0.717, 1.165) is 17.3 Å². The van der Waals surface area contributed by atoms with E-state index in [1.807, 2.05) is 41.1 Å². The van der Waals surface area contributed by atoms with Crippen LogP contribution in [0.4, 0.5) is 4.39 Å². The standard InChI is InChI=1S/C30H22FN3O5S/c31-20-7-4-8-22(15-20)40-28-26(35)25-27(39-30(28)37)23-10-9-21(38-14-13-33-12-11-32-18-33)16-24(23)34(29(25)36)17-19-5-2-1-3-6-19/h1-12,15-16,18,35H,13-14,17H2. The summed E-state index contributed by atoms with van der Waals surface area (Å²) in [4.78, 5) is 31.2. The van der Waals surface area contributed by atoms with Gasteiger partial charge in [0.2, 0.25) is 0 Å². The van der Waals surface area contributed by atoms with Crippen molar-refractivity contribution in [2.75, 3.05) is 6.61 Å². The first-order valence-corrected chi connectivity index (χ1v) is 13.2. The predicted octanol–water partition coefficient (Wildman–Crippen LogP) is 5.43. The second kappa shape index (κ2) is 10.7. The number of pyridine rings is 1. The molecule has 0 spiro atoms. The number of nitrogens with zero attached hydrogens (tertiary/aromatic N) is 3. The van der Waals surface area contributed by atoms with Gasteiger partial charge in [-0.3, -0.25) is 4.79 Å². The Morgan fingerprint density at radius 1 is 1.02 bits per heavy atom. The molecule has 1 N–H and O–H groups in total. The van der Waals surface area contributed by atoms with Crippen LogP contribution in [0.25, 0.3) is 21.9 Å². The van der Waals surface area contributed by atoms with Crippen molar-refractivity contribution in [1.29, 1.82) is 0 Å². The van der Waals surface area contributed by atoms with E-state index in [2.05, 4.69) is 4.98 Å². The number of fused-ring (bicyclic) bond motifs is 3. The van der Waals surface area contributed by atoms with E-state index in [9.17, 15) is 19.1 Å². The number of aromatic hydroxyl groups is 1. The molecule has 0 atom stereocenters. The van der Waals surface area contributed by atoms with Crippen molar-refractivity contribution >= 4 is 33.6 Å². The smallest absolute Gasteiger partial charge is 0.354 e. The molecule has 0 aliphatic rings. The summed E-state index contributed by atoms with van der Waals surface area (Å²) in [6.07, 6.45) is 5.22. The van der Waals surface area contributed by atoms with Gasteiger partial charge in [0.05, 0.1) is 24.9 Å². The molecular weight excluding hydrogens is 533 g/mol. The number of imidazole rings is 1. The molecule has 0 unspecified atom stereocenters. The lowest BCUT2D eigenvalue weighted by Crippen LogP contribution is -2.23. The molecule has 0 saturated heterocycles.